The molecule has 3 amide bonds. The highest BCUT2D eigenvalue weighted by atomic mass is 16.2. The van der Waals surface area contributed by atoms with Crippen LogP contribution in [0.25, 0.3) is 11.4 Å². The van der Waals surface area contributed by atoms with Gasteiger partial charge < -0.3 is 5.32 Å². The summed E-state index contributed by atoms with van der Waals surface area (Å²) in [6.45, 7) is 1.86. The summed E-state index contributed by atoms with van der Waals surface area (Å²) < 4.78 is 0. The lowest BCUT2D eigenvalue weighted by Crippen LogP contribution is -2.62. The fourth-order valence-corrected chi connectivity index (χ4v) is 5.96. The van der Waals surface area contributed by atoms with E-state index in [4.69, 9.17) is 0 Å². The van der Waals surface area contributed by atoms with Crippen molar-refractivity contribution in [2.45, 2.75) is 57.5 Å². The molecule has 29 heavy (non-hydrogen) atoms. The van der Waals surface area contributed by atoms with Gasteiger partial charge in [0.25, 0.3) is 5.91 Å². The Morgan fingerprint density at radius 2 is 1.69 bits per heavy atom. The molecule has 0 radical (unpaired) electrons. The first kappa shape index (κ1) is 18.3. The number of hydrogen-bond acceptors (Lipinski definition) is 5. The molecule has 4 aliphatic rings. The molecule has 0 spiro atoms. The molecule has 0 unspecified atom stereocenters. The van der Waals surface area contributed by atoms with E-state index in [1.165, 1.54) is 24.1 Å². The average Bonchev–Trinajstić information content (AvgIpc) is 3.08. The van der Waals surface area contributed by atoms with E-state index in [9.17, 15) is 9.59 Å². The minimum absolute atomic E-state index is 0.122. The van der Waals surface area contributed by atoms with Crippen LogP contribution >= 0.6 is 0 Å². The third-order valence-corrected chi connectivity index (χ3v) is 6.72. The molecule has 1 heterocycles. The highest BCUT2D eigenvalue weighted by Gasteiger charge is 2.51. The number of nitrogens with one attached hydrogen (secondary N) is 2. The van der Waals surface area contributed by atoms with Crippen LogP contribution in [0.5, 0.6) is 0 Å². The minimum atomic E-state index is -0.444. The SMILES string of the molecule is Cc1ccc(-c2nnn(CC(=O)NC(=O)NC34CC5CC(CC(C5)C3)C4)n2)cc1. The van der Waals surface area contributed by atoms with E-state index in [1.807, 2.05) is 31.2 Å². The Bertz CT molecular complexity index is 900. The molecular weight excluding hydrogens is 368 g/mol. The van der Waals surface area contributed by atoms with Crippen molar-refractivity contribution in [1.82, 2.24) is 30.8 Å². The predicted molar refractivity (Wildman–Crippen MR) is 106 cm³/mol. The van der Waals surface area contributed by atoms with Gasteiger partial charge in [0.1, 0.15) is 6.54 Å². The molecule has 1 aromatic heterocycles. The summed E-state index contributed by atoms with van der Waals surface area (Å²) in [5.74, 6) is 2.21. The number of carbonyl (C=O) groups is 2. The van der Waals surface area contributed by atoms with Crippen LogP contribution in [0.3, 0.4) is 0 Å². The largest absolute Gasteiger partial charge is 0.332 e. The summed E-state index contributed by atoms with van der Waals surface area (Å²) in [5.41, 5.74) is 1.86. The number of aromatic nitrogens is 4. The van der Waals surface area contributed by atoms with E-state index >= 15 is 0 Å². The van der Waals surface area contributed by atoms with Crippen LogP contribution in [0.15, 0.2) is 24.3 Å². The molecule has 0 aliphatic heterocycles. The van der Waals surface area contributed by atoms with Gasteiger partial charge in [0.05, 0.1) is 0 Å². The van der Waals surface area contributed by atoms with Crippen molar-refractivity contribution in [3.05, 3.63) is 29.8 Å². The lowest BCUT2D eigenvalue weighted by atomic mass is 9.53. The van der Waals surface area contributed by atoms with Crippen LogP contribution in [-0.4, -0.2) is 37.7 Å². The number of rotatable bonds is 4. The monoisotopic (exact) mass is 394 g/mol. The molecule has 4 bridgehead atoms. The Morgan fingerprint density at radius 3 is 2.31 bits per heavy atom. The maximum atomic E-state index is 12.5. The topological polar surface area (TPSA) is 102 Å². The van der Waals surface area contributed by atoms with Crippen LogP contribution in [0.1, 0.15) is 44.1 Å². The number of nitrogens with zero attached hydrogens (tertiary/aromatic N) is 4. The van der Waals surface area contributed by atoms with Crippen molar-refractivity contribution in [1.29, 1.82) is 0 Å². The fourth-order valence-electron chi connectivity index (χ4n) is 5.96. The second-order valence-corrected chi connectivity index (χ2v) is 9.21. The first-order chi connectivity index (χ1) is 14.0. The van der Waals surface area contributed by atoms with Gasteiger partial charge in [0.2, 0.25) is 5.82 Å². The first-order valence-electron chi connectivity index (χ1n) is 10.4. The predicted octanol–water partition coefficient (Wildman–Crippen LogP) is 2.44. The van der Waals surface area contributed by atoms with Crippen molar-refractivity contribution in [2.24, 2.45) is 17.8 Å². The molecule has 0 atom stereocenters. The number of amides is 3. The summed E-state index contributed by atoms with van der Waals surface area (Å²) in [4.78, 5) is 26.0. The normalized spacial score (nSPS) is 29.6. The van der Waals surface area contributed by atoms with Gasteiger partial charge in [0, 0.05) is 11.1 Å². The Balaban J connectivity index is 1.17. The summed E-state index contributed by atoms with van der Waals surface area (Å²) in [6.07, 6.45) is 7.07. The second-order valence-electron chi connectivity index (χ2n) is 9.21. The highest BCUT2D eigenvalue weighted by molar-refractivity contribution is 5.94. The smallest absolute Gasteiger partial charge is 0.321 e. The standard InChI is InChI=1S/C21H26N6O2/c1-13-2-4-17(5-3-13)19-24-26-27(25-19)12-18(28)22-20(29)23-21-9-14-6-15(10-21)8-16(7-14)11-21/h2-5,14-16H,6-12H2,1H3,(H2,22,23,28,29). The summed E-state index contributed by atoms with van der Waals surface area (Å²) >= 11 is 0. The van der Waals surface area contributed by atoms with E-state index in [1.54, 1.807) is 0 Å². The lowest BCUT2D eigenvalue weighted by molar-refractivity contribution is -0.121. The quantitative estimate of drug-likeness (QED) is 0.829. The molecule has 1 aromatic carbocycles. The van der Waals surface area contributed by atoms with Gasteiger partial charge in [-0.3, -0.25) is 10.1 Å². The Kier molecular flexibility index (Phi) is 4.37. The lowest BCUT2D eigenvalue weighted by Gasteiger charge is -2.56. The third kappa shape index (κ3) is 3.75. The molecule has 2 N–H and O–H groups in total. The van der Waals surface area contributed by atoms with Crippen molar-refractivity contribution in [3.8, 4) is 11.4 Å². The zero-order valence-corrected chi connectivity index (χ0v) is 16.6. The first-order valence-corrected chi connectivity index (χ1v) is 10.4. The molecule has 152 valence electrons. The number of carbonyl (C=O) groups excluding carboxylic acids is 2. The number of imide groups is 1. The van der Waals surface area contributed by atoms with Crippen LogP contribution in [0, 0.1) is 24.7 Å². The summed E-state index contributed by atoms with van der Waals surface area (Å²) in [6, 6.07) is 7.36. The number of hydrogen-bond donors (Lipinski definition) is 2. The van der Waals surface area contributed by atoms with Gasteiger partial charge in [-0.2, -0.15) is 4.80 Å². The molecule has 8 nitrogen and oxygen atoms in total. The Morgan fingerprint density at radius 1 is 1.07 bits per heavy atom. The van der Waals surface area contributed by atoms with E-state index in [-0.39, 0.29) is 12.1 Å². The van der Waals surface area contributed by atoms with Gasteiger partial charge in [-0.15, -0.1) is 10.2 Å². The number of tetrazole rings is 1. The number of urea groups is 1. The van der Waals surface area contributed by atoms with E-state index in [0.29, 0.717) is 5.82 Å². The summed E-state index contributed by atoms with van der Waals surface area (Å²) in [7, 11) is 0. The molecule has 6 rings (SSSR count). The molecule has 2 aromatic rings. The average molecular weight is 394 g/mol. The van der Waals surface area contributed by atoms with Crippen LogP contribution in [0.2, 0.25) is 0 Å². The maximum absolute atomic E-state index is 12.5. The minimum Gasteiger partial charge on any atom is -0.332 e. The molecule has 4 aliphatic carbocycles. The third-order valence-electron chi connectivity index (χ3n) is 6.72. The van der Waals surface area contributed by atoms with Crippen LogP contribution < -0.4 is 10.6 Å². The zero-order valence-electron chi connectivity index (χ0n) is 16.6. The van der Waals surface area contributed by atoms with Gasteiger partial charge in [0.15, 0.2) is 0 Å². The van der Waals surface area contributed by atoms with E-state index in [0.717, 1.165) is 48.1 Å². The summed E-state index contributed by atoms with van der Waals surface area (Å²) in [5, 5.41) is 17.7. The number of aryl methyl sites for hydroxylation is 1. The number of benzene rings is 1. The second kappa shape index (κ2) is 6.93. The van der Waals surface area contributed by atoms with Crippen molar-refractivity contribution >= 4 is 11.9 Å². The van der Waals surface area contributed by atoms with Gasteiger partial charge >= 0.3 is 6.03 Å². The van der Waals surface area contributed by atoms with Crippen LogP contribution in [0.4, 0.5) is 4.79 Å². The van der Waals surface area contributed by atoms with E-state index < -0.39 is 11.9 Å². The van der Waals surface area contributed by atoms with Gasteiger partial charge in [-0.1, -0.05) is 29.8 Å². The van der Waals surface area contributed by atoms with Gasteiger partial charge in [-0.25, -0.2) is 4.79 Å². The van der Waals surface area contributed by atoms with Crippen molar-refractivity contribution < 1.29 is 9.59 Å². The fraction of sp³-hybridized carbons (Fsp3) is 0.571. The molecule has 4 saturated carbocycles. The molecule has 0 saturated heterocycles. The molecule has 4 fully saturated rings. The molecule has 8 heteroatoms. The van der Waals surface area contributed by atoms with Crippen molar-refractivity contribution in [3.63, 3.8) is 0 Å². The highest BCUT2D eigenvalue weighted by Crippen LogP contribution is 2.55. The Labute approximate surface area is 169 Å². The van der Waals surface area contributed by atoms with Gasteiger partial charge in [-0.05, 0) is 68.4 Å². The van der Waals surface area contributed by atoms with Crippen molar-refractivity contribution in [2.75, 3.05) is 0 Å². The van der Waals surface area contributed by atoms with E-state index in [2.05, 4.69) is 26.0 Å². The molecular formula is C21H26N6O2. The Hall–Kier alpha value is -2.77. The maximum Gasteiger partial charge on any atom is 0.321 e. The van der Waals surface area contributed by atoms with Crippen LogP contribution in [-0.2, 0) is 11.3 Å². The zero-order chi connectivity index (χ0) is 20.0.